The molecule has 0 unspecified atom stereocenters. The number of esters is 1. The first-order valence-electron chi connectivity index (χ1n) is 11.7. The summed E-state index contributed by atoms with van der Waals surface area (Å²) in [5.74, 6) is -0.210. The molecule has 0 aliphatic carbocycles. The maximum atomic E-state index is 11.1. The van der Waals surface area contributed by atoms with Gasteiger partial charge in [-0.05, 0) is 13.3 Å². The molecule has 0 spiro atoms. The molecule has 0 bridgehead atoms. The Morgan fingerprint density at radius 1 is 0.750 bits per heavy atom. The normalized spacial score (nSPS) is 12.0. The van der Waals surface area contributed by atoms with Crippen molar-refractivity contribution in [3.05, 3.63) is 12.2 Å². The van der Waals surface area contributed by atoms with Gasteiger partial charge in [-0.25, -0.2) is 4.79 Å². The minimum absolute atomic E-state index is 0.0896. The first-order chi connectivity index (χ1) is 13.7. The average Bonchev–Trinajstić information content (AvgIpc) is 2.66. The zero-order valence-electron chi connectivity index (χ0n) is 18.2. The topological polar surface area (TPSA) is 26.3 Å². The van der Waals surface area contributed by atoms with Gasteiger partial charge in [0.25, 0.3) is 0 Å². The van der Waals surface area contributed by atoms with Gasteiger partial charge in [0.05, 0.1) is 9.97 Å². The zero-order valence-corrected chi connectivity index (χ0v) is 22.8. The summed E-state index contributed by atoms with van der Waals surface area (Å²) in [6, 6.07) is 1.48. The zero-order chi connectivity index (χ0) is 20.7. The maximum Gasteiger partial charge on any atom is 0.330 e. The summed E-state index contributed by atoms with van der Waals surface area (Å²) in [6.45, 7) is 2.40. The van der Waals surface area contributed by atoms with Crippen LogP contribution in [0.2, 0.25) is 6.04 Å². The van der Waals surface area contributed by atoms with Gasteiger partial charge in [0, 0.05) is 15.6 Å². The van der Waals surface area contributed by atoms with E-state index in [4.69, 9.17) is 4.74 Å². The summed E-state index contributed by atoms with van der Waals surface area (Å²) in [7, 11) is 0.0896. The number of unbranched alkanes of at least 4 members (excludes halogenated alkanes) is 15. The molecule has 0 rings (SSSR count). The Morgan fingerprint density at radius 2 is 1.14 bits per heavy atom. The highest BCUT2D eigenvalue weighted by atomic mass is 79.9. The van der Waals surface area contributed by atoms with Gasteiger partial charge in [-0.15, -0.1) is 0 Å². The Kier molecular flexibility index (Phi) is 24.0. The lowest BCUT2D eigenvalue weighted by Gasteiger charge is -2.04. The van der Waals surface area contributed by atoms with Gasteiger partial charge in [0.2, 0.25) is 0 Å². The van der Waals surface area contributed by atoms with Gasteiger partial charge >= 0.3 is 5.97 Å². The van der Waals surface area contributed by atoms with Crippen molar-refractivity contribution < 1.29 is 9.53 Å². The second-order valence-corrected chi connectivity index (χ2v) is 15.8. The Labute approximate surface area is 194 Å². The molecule has 0 aromatic heterocycles. The second-order valence-electron chi connectivity index (χ2n) is 7.86. The third kappa shape index (κ3) is 24.4. The lowest BCUT2D eigenvalue weighted by molar-refractivity contribution is -0.137. The second kappa shape index (κ2) is 23.7. The van der Waals surface area contributed by atoms with Gasteiger partial charge in [0.1, 0.15) is 0 Å². The number of carbonyl (C=O) groups is 1. The van der Waals surface area contributed by atoms with Crippen LogP contribution in [0.4, 0.5) is 0 Å². The maximum absolute atomic E-state index is 11.1. The van der Waals surface area contributed by atoms with Crippen LogP contribution in [-0.2, 0) is 9.53 Å². The third-order valence-electron chi connectivity index (χ3n) is 5.11. The first-order valence-corrected chi connectivity index (χ1v) is 15.4. The lowest BCUT2D eigenvalue weighted by Crippen LogP contribution is -2.01. The SMILES string of the molecule is CC=CC(=O)OCCCCCCCCCCCCCCCCCC[SiH2]C(Br)Br. The number of halogens is 2. The number of hydrogen-bond acceptors (Lipinski definition) is 2. The van der Waals surface area contributed by atoms with Crippen LogP contribution in [0, 0.1) is 0 Å². The van der Waals surface area contributed by atoms with E-state index in [9.17, 15) is 4.79 Å². The molecule has 0 N–H and O–H groups in total. The summed E-state index contributed by atoms with van der Waals surface area (Å²) < 4.78 is 5.74. The van der Waals surface area contributed by atoms with E-state index in [1.54, 1.807) is 6.08 Å². The van der Waals surface area contributed by atoms with E-state index in [-0.39, 0.29) is 15.5 Å². The van der Waals surface area contributed by atoms with Gasteiger partial charge in [0.15, 0.2) is 0 Å². The highest BCUT2D eigenvalue weighted by Crippen LogP contribution is 2.15. The molecular formula is C23H44Br2O2Si. The first kappa shape index (κ1) is 28.4. The van der Waals surface area contributed by atoms with E-state index < -0.39 is 0 Å². The number of rotatable bonds is 21. The molecule has 166 valence electrons. The molecule has 28 heavy (non-hydrogen) atoms. The summed E-state index contributed by atoms with van der Waals surface area (Å²) in [6.07, 6.45) is 25.1. The van der Waals surface area contributed by atoms with Crippen molar-refractivity contribution in [2.24, 2.45) is 0 Å². The van der Waals surface area contributed by atoms with Crippen molar-refractivity contribution in [3.63, 3.8) is 0 Å². The predicted molar refractivity (Wildman–Crippen MR) is 135 cm³/mol. The van der Waals surface area contributed by atoms with Crippen LogP contribution < -0.4 is 0 Å². The molecule has 0 saturated carbocycles. The number of alkyl halides is 2. The fourth-order valence-electron chi connectivity index (χ4n) is 3.41. The van der Waals surface area contributed by atoms with Crippen LogP contribution in [0.5, 0.6) is 0 Å². The molecule has 0 aliphatic heterocycles. The standard InChI is InChI=1S/C23H44Br2O2Si/c1-2-19-22(26)27-20-17-15-13-11-9-7-5-3-4-6-8-10-12-14-16-18-21-28-23(24)25/h2,19,23H,3-18,20-21,28H2,1H3. The summed E-state index contributed by atoms with van der Waals surface area (Å²) in [4.78, 5) is 11.1. The van der Waals surface area contributed by atoms with Gasteiger partial charge in [-0.2, -0.15) is 0 Å². The molecule has 2 nitrogen and oxygen atoms in total. The fraction of sp³-hybridized carbons (Fsp3) is 0.870. The Morgan fingerprint density at radius 3 is 1.54 bits per heavy atom. The largest absolute Gasteiger partial charge is 0.463 e. The van der Waals surface area contributed by atoms with Gasteiger partial charge in [-0.1, -0.05) is 140 Å². The van der Waals surface area contributed by atoms with E-state index in [1.165, 1.54) is 108 Å². The van der Waals surface area contributed by atoms with Crippen molar-refractivity contribution in [2.45, 2.75) is 119 Å². The monoisotopic (exact) mass is 538 g/mol. The predicted octanol–water partition coefficient (Wildman–Crippen LogP) is 8.01. The molecular weight excluding hydrogens is 496 g/mol. The smallest absolute Gasteiger partial charge is 0.330 e. The quantitative estimate of drug-likeness (QED) is 0.0485. The van der Waals surface area contributed by atoms with Gasteiger partial charge in [-0.3, -0.25) is 0 Å². The van der Waals surface area contributed by atoms with Crippen LogP contribution >= 0.6 is 31.9 Å². The minimum Gasteiger partial charge on any atom is -0.463 e. The average molecular weight is 540 g/mol. The molecule has 0 aromatic rings. The molecule has 0 saturated heterocycles. The van der Waals surface area contributed by atoms with Crippen LogP contribution in [0.15, 0.2) is 12.2 Å². The summed E-state index contributed by atoms with van der Waals surface area (Å²) >= 11 is 7.20. The fourth-order valence-corrected chi connectivity index (χ4v) is 6.30. The summed E-state index contributed by atoms with van der Waals surface area (Å²) in [5.41, 5.74) is 0. The summed E-state index contributed by atoms with van der Waals surface area (Å²) in [5, 5.41) is 0. The molecule has 0 aromatic carbocycles. The third-order valence-corrected chi connectivity index (χ3v) is 9.21. The molecule has 0 aliphatic rings. The van der Waals surface area contributed by atoms with Crippen molar-refractivity contribution >= 4 is 47.3 Å². The number of ether oxygens (including phenoxy) is 1. The van der Waals surface area contributed by atoms with E-state index >= 15 is 0 Å². The van der Waals surface area contributed by atoms with E-state index in [0.717, 1.165) is 6.42 Å². The highest BCUT2D eigenvalue weighted by Gasteiger charge is 1.99. The Hall–Kier alpha value is 0.387. The van der Waals surface area contributed by atoms with Crippen LogP contribution in [0.3, 0.4) is 0 Å². The van der Waals surface area contributed by atoms with Gasteiger partial charge < -0.3 is 4.74 Å². The van der Waals surface area contributed by atoms with E-state index in [1.807, 2.05) is 6.92 Å². The molecule has 5 heteroatoms. The van der Waals surface area contributed by atoms with Crippen molar-refractivity contribution in [2.75, 3.05) is 6.61 Å². The van der Waals surface area contributed by atoms with Crippen molar-refractivity contribution in [1.82, 2.24) is 0 Å². The number of hydrogen-bond donors (Lipinski definition) is 0. The van der Waals surface area contributed by atoms with Crippen molar-refractivity contribution in [1.29, 1.82) is 0 Å². The van der Waals surface area contributed by atoms with Crippen LogP contribution in [0.25, 0.3) is 0 Å². The lowest BCUT2D eigenvalue weighted by atomic mass is 10.0. The Bertz CT molecular complexity index is 363. The number of carbonyl (C=O) groups excluding carboxylic acids is 1. The molecule has 0 amide bonds. The minimum atomic E-state index is -0.210. The van der Waals surface area contributed by atoms with E-state index in [2.05, 4.69) is 31.9 Å². The van der Waals surface area contributed by atoms with Crippen LogP contribution in [-0.4, -0.2) is 25.5 Å². The molecule has 0 radical (unpaired) electrons. The number of allylic oxidation sites excluding steroid dienone is 1. The van der Waals surface area contributed by atoms with E-state index in [0.29, 0.717) is 9.97 Å². The molecule has 0 fully saturated rings. The van der Waals surface area contributed by atoms with Crippen LogP contribution in [0.1, 0.15) is 110 Å². The molecule has 0 heterocycles. The molecule has 0 atom stereocenters. The Balaban J connectivity index is 3.06. The van der Waals surface area contributed by atoms with Crippen molar-refractivity contribution in [3.8, 4) is 0 Å². The highest BCUT2D eigenvalue weighted by molar-refractivity contribution is 9.25.